The number of halogens is 2. The van der Waals surface area contributed by atoms with Crippen molar-refractivity contribution in [2.24, 2.45) is 0 Å². The standard InChI is InChI=1S/C16H17Cl2N3O2/c1-10-7-11(17)8-12(14(10)18)15-21-13(9-19)16(23-15)20-5-3-2-4-6-22/h7-8,20,22H,2-6H2,1H3. The van der Waals surface area contributed by atoms with Crippen LogP contribution in [-0.4, -0.2) is 23.2 Å². The van der Waals surface area contributed by atoms with E-state index in [9.17, 15) is 5.26 Å². The molecule has 0 unspecified atom stereocenters. The molecule has 2 aromatic rings. The monoisotopic (exact) mass is 353 g/mol. The second kappa shape index (κ2) is 8.21. The number of benzene rings is 1. The van der Waals surface area contributed by atoms with E-state index in [-0.39, 0.29) is 18.2 Å². The van der Waals surface area contributed by atoms with Crippen LogP contribution in [0.2, 0.25) is 10.0 Å². The quantitative estimate of drug-likeness (QED) is 0.720. The fourth-order valence-corrected chi connectivity index (χ4v) is 2.59. The molecular weight excluding hydrogens is 337 g/mol. The molecule has 0 spiro atoms. The van der Waals surface area contributed by atoms with Gasteiger partial charge < -0.3 is 14.8 Å². The van der Waals surface area contributed by atoms with E-state index in [2.05, 4.69) is 10.3 Å². The van der Waals surface area contributed by atoms with Crippen molar-refractivity contribution in [2.75, 3.05) is 18.5 Å². The first-order valence-electron chi connectivity index (χ1n) is 7.28. The zero-order chi connectivity index (χ0) is 16.8. The van der Waals surface area contributed by atoms with Crippen molar-refractivity contribution in [1.29, 1.82) is 5.26 Å². The van der Waals surface area contributed by atoms with Gasteiger partial charge in [-0.3, -0.25) is 0 Å². The van der Waals surface area contributed by atoms with Crippen LogP contribution in [0, 0.1) is 18.3 Å². The Balaban J connectivity index is 2.21. The van der Waals surface area contributed by atoms with Gasteiger partial charge in [0.25, 0.3) is 0 Å². The highest BCUT2D eigenvalue weighted by Gasteiger charge is 2.18. The number of aliphatic hydroxyl groups excluding tert-OH is 1. The van der Waals surface area contributed by atoms with Crippen molar-refractivity contribution in [1.82, 2.24) is 4.98 Å². The molecule has 0 fully saturated rings. The maximum absolute atomic E-state index is 9.19. The summed E-state index contributed by atoms with van der Waals surface area (Å²) in [6.45, 7) is 2.65. The first-order valence-corrected chi connectivity index (χ1v) is 8.04. The van der Waals surface area contributed by atoms with Crippen LogP contribution < -0.4 is 5.32 Å². The molecule has 0 atom stereocenters. The smallest absolute Gasteiger partial charge is 0.232 e. The number of rotatable bonds is 7. The number of aliphatic hydroxyl groups is 1. The number of nitriles is 1. The summed E-state index contributed by atoms with van der Waals surface area (Å²) >= 11 is 12.3. The molecular formula is C16H17Cl2N3O2. The average molecular weight is 354 g/mol. The Morgan fingerprint density at radius 2 is 2.09 bits per heavy atom. The minimum Gasteiger partial charge on any atom is -0.419 e. The van der Waals surface area contributed by atoms with Gasteiger partial charge in [0.15, 0.2) is 0 Å². The van der Waals surface area contributed by atoms with Crippen LogP contribution in [-0.2, 0) is 0 Å². The lowest BCUT2D eigenvalue weighted by atomic mass is 10.1. The minimum absolute atomic E-state index is 0.177. The number of anilines is 1. The fourth-order valence-electron chi connectivity index (χ4n) is 2.13. The van der Waals surface area contributed by atoms with E-state index in [4.69, 9.17) is 32.7 Å². The van der Waals surface area contributed by atoms with Crippen LogP contribution in [0.5, 0.6) is 0 Å². The third-order valence-corrected chi connectivity index (χ3v) is 4.02. The molecule has 0 saturated heterocycles. The normalized spacial score (nSPS) is 10.6. The molecule has 5 nitrogen and oxygen atoms in total. The van der Waals surface area contributed by atoms with Crippen molar-refractivity contribution >= 4 is 29.1 Å². The number of nitrogens with one attached hydrogen (secondary N) is 1. The van der Waals surface area contributed by atoms with E-state index in [0.717, 1.165) is 24.8 Å². The zero-order valence-electron chi connectivity index (χ0n) is 12.7. The molecule has 2 N–H and O–H groups in total. The lowest BCUT2D eigenvalue weighted by Gasteiger charge is -2.05. The van der Waals surface area contributed by atoms with Gasteiger partial charge in [0.1, 0.15) is 6.07 Å². The summed E-state index contributed by atoms with van der Waals surface area (Å²) in [5.74, 6) is 0.579. The van der Waals surface area contributed by atoms with Crippen LogP contribution in [0.4, 0.5) is 5.88 Å². The highest BCUT2D eigenvalue weighted by molar-refractivity contribution is 6.35. The van der Waals surface area contributed by atoms with E-state index in [0.29, 0.717) is 28.0 Å². The minimum atomic E-state index is 0.177. The van der Waals surface area contributed by atoms with Gasteiger partial charge in [-0.05, 0) is 43.9 Å². The molecule has 122 valence electrons. The molecule has 0 aliphatic rings. The molecule has 0 bridgehead atoms. The van der Waals surface area contributed by atoms with E-state index >= 15 is 0 Å². The van der Waals surface area contributed by atoms with Crippen LogP contribution in [0.25, 0.3) is 11.5 Å². The molecule has 0 aliphatic carbocycles. The molecule has 1 heterocycles. The van der Waals surface area contributed by atoms with Crippen LogP contribution >= 0.6 is 23.2 Å². The lowest BCUT2D eigenvalue weighted by molar-refractivity contribution is 0.283. The van der Waals surface area contributed by atoms with Crippen molar-refractivity contribution in [3.63, 3.8) is 0 Å². The Labute approximate surface area is 144 Å². The van der Waals surface area contributed by atoms with Gasteiger partial charge in [-0.25, -0.2) is 0 Å². The highest BCUT2D eigenvalue weighted by atomic mass is 35.5. The SMILES string of the molecule is Cc1cc(Cl)cc(-c2nc(C#N)c(NCCCCCO)o2)c1Cl. The van der Waals surface area contributed by atoms with Gasteiger partial charge in [-0.2, -0.15) is 10.2 Å². The Morgan fingerprint density at radius 1 is 1.30 bits per heavy atom. The first kappa shape index (κ1) is 17.6. The van der Waals surface area contributed by atoms with E-state index in [1.165, 1.54) is 0 Å². The number of nitrogens with zero attached hydrogens (tertiary/aromatic N) is 2. The fraction of sp³-hybridized carbons (Fsp3) is 0.375. The summed E-state index contributed by atoms with van der Waals surface area (Å²) in [6.07, 6.45) is 2.51. The molecule has 0 radical (unpaired) electrons. The maximum atomic E-state index is 9.19. The second-order valence-electron chi connectivity index (χ2n) is 5.10. The Morgan fingerprint density at radius 3 is 2.78 bits per heavy atom. The predicted molar refractivity (Wildman–Crippen MR) is 90.8 cm³/mol. The molecule has 7 heteroatoms. The second-order valence-corrected chi connectivity index (χ2v) is 5.92. The maximum Gasteiger partial charge on any atom is 0.232 e. The third kappa shape index (κ3) is 4.38. The van der Waals surface area contributed by atoms with Crippen LogP contribution in [0.3, 0.4) is 0 Å². The van der Waals surface area contributed by atoms with E-state index in [1.54, 1.807) is 12.1 Å². The van der Waals surface area contributed by atoms with Crippen LogP contribution in [0.15, 0.2) is 16.5 Å². The Bertz CT molecular complexity index is 723. The van der Waals surface area contributed by atoms with Gasteiger partial charge in [0.2, 0.25) is 17.5 Å². The summed E-state index contributed by atoms with van der Waals surface area (Å²) in [4.78, 5) is 4.18. The summed E-state index contributed by atoms with van der Waals surface area (Å²) < 4.78 is 5.65. The average Bonchev–Trinajstić information content (AvgIpc) is 2.93. The van der Waals surface area contributed by atoms with Gasteiger partial charge in [-0.1, -0.05) is 23.2 Å². The zero-order valence-corrected chi connectivity index (χ0v) is 14.2. The lowest BCUT2D eigenvalue weighted by Crippen LogP contribution is -2.02. The molecule has 2 rings (SSSR count). The first-order chi connectivity index (χ1) is 11.1. The molecule has 23 heavy (non-hydrogen) atoms. The van der Waals surface area contributed by atoms with Crippen molar-refractivity contribution in [3.05, 3.63) is 33.4 Å². The summed E-state index contributed by atoms with van der Waals surface area (Å²) in [6, 6.07) is 5.42. The number of hydrogen-bond donors (Lipinski definition) is 2. The number of hydrogen-bond acceptors (Lipinski definition) is 5. The van der Waals surface area contributed by atoms with Gasteiger partial charge in [-0.15, -0.1) is 0 Å². The summed E-state index contributed by atoms with van der Waals surface area (Å²) in [5, 5.41) is 22.0. The number of aryl methyl sites for hydroxylation is 1. The third-order valence-electron chi connectivity index (χ3n) is 3.30. The van der Waals surface area contributed by atoms with Gasteiger partial charge in [0.05, 0.1) is 10.6 Å². The largest absolute Gasteiger partial charge is 0.419 e. The number of unbranched alkanes of at least 4 members (excludes halogenated alkanes) is 2. The highest BCUT2D eigenvalue weighted by Crippen LogP contribution is 2.35. The predicted octanol–water partition coefficient (Wildman–Crippen LogP) is 4.40. The molecule has 1 aromatic carbocycles. The van der Waals surface area contributed by atoms with Crippen molar-refractivity contribution < 1.29 is 9.52 Å². The van der Waals surface area contributed by atoms with Crippen LogP contribution in [0.1, 0.15) is 30.5 Å². The summed E-state index contributed by atoms with van der Waals surface area (Å²) in [7, 11) is 0. The summed E-state index contributed by atoms with van der Waals surface area (Å²) in [5.41, 5.74) is 1.54. The topological polar surface area (TPSA) is 82.1 Å². The Kier molecular flexibility index (Phi) is 6.28. The number of aromatic nitrogens is 1. The van der Waals surface area contributed by atoms with Crippen molar-refractivity contribution in [3.8, 4) is 17.5 Å². The molecule has 0 saturated carbocycles. The number of oxazole rings is 1. The van der Waals surface area contributed by atoms with Crippen molar-refractivity contribution in [2.45, 2.75) is 26.2 Å². The van der Waals surface area contributed by atoms with Gasteiger partial charge >= 0.3 is 0 Å². The van der Waals surface area contributed by atoms with Gasteiger partial charge in [0, 0.05) is 18.2 Å². The Hall–Kier alpha value is -1.74. The molecule has 1 aromatic heterocycles. The molecule has 0 aliphatic heterocycles. The molecule has 0 amide bonds. The van der Waals surface area contributed by atoms with E-state index < -0.39 is 0 Å². The van der Waals surface area contributed by atoms with E-state index in [1.807, 2.05) is 13.0 Å².